The Balaban J connectivity index is 0.00000161. The number of hydrogen-bond acceptors (Lipinski definition) is 6. The molecule has 2 aromatic heterocycles. The molecule has 2 aromatic rings. The Labute approximate surface area is 140 Å². The Morgan fingerprint density at radius 2 is 2.24 bits per heavy atom. The monoisotopic (exact) mass is 344 g/mol. The Morgan fingerprint density at radius 1 is 1.33 bits per heavy atom. The van der Waals surface area contributed by atoms with E-state index in [9.17, 15) is 0 Å². The van der Waals surface area contributed by atoms with Gasteiger partial charge in [0.05, 0.1) is 17.7 Å². The fraction of sp³-hybridized carbons (Fsp3) is 0.571. The molecule has 1 aliphatic rings. The molecule has 7 heteroatoms. The van der Waals surface area contributed by atoms with Gasteiger partial charge in [0, 0.05) is 29.5 Å². The van der Waals surface area contributed by atoms with Crippen molar-refractivity contribution in [1.29, 1.82) is 0 Å². The van der Waals surface area contributed by atoms with Crippen molar-refractivity contribution in [1.82, 2.24) is 20.2 Å². The molecule has 1 saturated heterocycles. The first-order chi connectivity index (χ1) is 9.81. The summed E-state index contributed by atoms with van der Waals surface area (Å²) in [6.07, 6.45) is 3.18. The van der Waals surface area contributed by atoms with E-state index in [1.54, 1.807) is 22.7 Å². The number of nitrogens with one attached hydrogen (secondary N) is 1. The Morgan fingerprint density at radius 3 is 2.86 bits per heavy atom. The van der Waals surface area contributed by atoms with Crippen LogP contribution in [0.3, 0.4) is 0 Å². The van der Waals surface area contributed by atoms with Crippen molar-refractivity contribution in [2.45, 2.75) is 26.4 Å². The summed E-state index contributed by atoms with van der Waals surface area (Å²) in [6.45, 7) is 7.50. The third-order valence-electron chi connectivity index (χ3n) is 3.73. The van der Waals surface area contributed by atoms with Gasteiger partial charge in [-0.25, -0.2) is 9.97 Å². The fourth-order valence-corrected chi connectivity index (χ4v) is 4.10. The van der Waals surface area contributed by atoms with Crippen LogP contribution in [0.25, 0.3) is 0 Å². The molecule has 1 atom stereocenters. The van der Waals surface area contributed by atoms with Crippen LogP contribution in [-0.2, 0) is 13.1 Å². The molecule has 1 fully saturated rings. The van der Waals surface area contributed by atoms with Gasteiger partial charge in [0.2, 0.25) is 0 Å². The topological polar surface area (TPSA) is 41.1 Å². The Bertz CT molecular complexity index is 523. The minimum Gasteiger partial charge on any atom is -0.316 e. The normalized spacial score (nSPS) is 18.1. The Kier molecular flexibility index (Phi) is 6.57. The molecule has 1 aliphatic heterocycles. The summed E-state index contributed by atoms with van der Waals surface area (Å²) < 4.78 is 0. The molecule has 3 rings (SSSR count). The van der Waals surface area contributed by atoms with Gasteiger partial charge in [0.1, 0.15) is 5.01 Å². The quantitative estimate of drug-likeness (QED) is 0.874. The summed E-state index contributed by atoms with van der Waals surface area (Å²) in [5.41, 5.74) is 3.12. The van der Waals surface area contributed by atoms with Crippen molar-refractivity contribution in [3.63, 3.8) is 0 Å². The van der Waals surface area contributed by atoms with E-state index < -0.39 is 0 Å². The van der Waals surface area contributed by atoms with Crippen LogP contribution in [-0.4, -0.2) is 34.5 Å². The van der Waals surface area contributed by atoms with Gasteiger partial charge in [-0.2, -0.15) is 0 Å². The fourth-order valence-electron chi connectivity index (χ4n) is 2.62. The molecule has 3 heterocycles. The average molecular weight is 345 g/mol. The van der Waals surface area contributed by atoms with Crippen molar-refractivity contribution in [3.05, 3.63) is 32.7 Å². The van der Waals surface area contributed by atoms with Crippen LogP contribution in [0.5, 0.6) is 0 Å². The summed E-state index contributed by atoms with van der Waals surface area (Å²) in [6, 6.07) is 0. The van der Waals surface area contributed by atoms with E-state index in [4.69, 9.17) is 0 Å². The number of aromatic nitrogens is 2. The van der Waals surface area contributed by atoms with Crippen LogP contribution >= 0.6 is 35.1 Å². The molecule has 116 valence electrons. The zero-order valence-electron chi connectivity index (χ0n) is 12.1. The van der Waals surface area contributed by atoms with Gasteiger partial charge in [-0.1, -0.05) is 0 Å². The zero-order valence-corrected chi connectivity index (χ0v) is 14.6. The van der Waals surface area contributed by atoms with E-state index in [2.05, 4.69) is 32.5 Å². The average Bonchev–Trinajstić information content (AvgIpc) is 3.15. The predicted molar refractivity (Wildman–Crippen MR) is 91.3 cm³/mol. The van der Waals surface area contributed by atoms with Gasteiger partial charge in [-0.15, -0.1) is 35.1 Å². The molecule has 0 amide bonds. The number of aryl methyl sites for hydroxylation is 1. The highest BCUT2D eigenvalue weighted by molar-refractivity contribution is 7.09. The second-order valence-corrected chi connectivity index (χ2v) is 7.23. The number of hydrogen-bond donors (Lipinski definition) is 1. The highest BCUT2D eigenvalue weighted by atomic mass is 35.5. The van der Waals surface area contributed by atoms with Crippen LogP contribution in [0.1, 0.15) is 22.0 Å². The maximum Gasteiger partial charge on any atom is 0.107 e. The molecule has 0 aliphatic carbocycles. The summed E-state index contributed by atoms with van der Waals surface area (Å²) in [4.78, 5) is 12.7. The molecule has 0 bridgehead atoms. The first-order valence-corrected chi connectivity index (χ1v) is 8.77. The third kappa shape index (κ3) is 4.72. The van der Waals surface area contributed by atoms with Gasteiger partial charge in [-0.05, 0) is 32.4 Å². The molecule has 4 nitrogen and oxygen atoms in total. The number of nitrogens with zero attached hydrogens (tertiary/aromatic N) is 3. The van der Waals surface area contributed by atoms with Crippen LogP contribution in [0.4, 0.5) is 0 Å². The summed E-state index contributed by atoms with van der Waals surface area (Å²) in [7, 11) is 0. The van der Waals surface area contributed by atoms with Gasteiger partial charge in [0.15, 0.2) is 0 Å². The lowest BCUT2D eigenvalue weighted by Crippen LogP contribution is -2.29. The summed E-state index contributed by atoms with van der Waals surface area (Å²) in [5.74, 6) is 0.767. The molecule has 1 unspecified atom stereocenters. The first-order valence-electron chi connectivity index (χ1n) is 7.01. The first kappa shape index (κ1) is 16.8. The van der Waals surface area contributed by atoms with Crippen molar-refractivity contribution in [2.24, 2.45) is 5.92 Å². The smallest absolute Gasteiger partial charge is 0.107 e. The Hall–Kier alpha value is -0.530. The lowest BCUT2D eigenvalue weighted by Gasteiger charge is -2.24. The second kappa shape index (κ2) is 8.19. The lowest BCUT2D eigenvalue weighted by molar-refractivity contribution is 0.222. The van der Waals surface area contributed by atoms with E-state index in [1.165, 1.54) is 22.0 Å². The maximum absolute atomic E-state index is 4.43. The molecule has 21 heavy (non-hydrogen) atoms. The van der Waals surface area contributed by atoms with Crippen LogP contribution in [0.15, 0.2) is 17.1 Å². The summed E-state index contributed by atoms with van der Waals surface area (Å²) >= 11 is 3.51. The van der Waals surface area contributed by atoms with Crippen molar-refractivity contribution < 1.29 is 0 Å². The maximum atomic E-state index is 4.43. The highest BCUT2D eigenvalue weighted by Crippen LogP contribution is 2.20. The SMILES string of the molecule is Cc1ncsc1CN(Cc1nccs1)CC1CCNC1.Cl. The van der Waals surface area contributed by atoms with Gasteiger partial charge < -0.3 is 5.32 Å². The minimum absolute atomic E-state index is 0. The molecule has 0 radical (unpaired) electrons. The number of rotatable bonds is 6. The van der Waals surface area contributed by atoms with Crippen molar-refractivity contribution >= 4 is 35.1 Å². The van der Waals surface area contributed by atoms with Crippen LogP contribution in [0, 0.1) is 12.8 Å². The van der Waals surface area contributed by atoms with Crippen LogP contribution < -0.4 is 5.32 Å². The predicted octanol–water partition coefficient (Wildman–Crippen LogP) is 2.94. The standard InChI is InChI=1S/C14H20N4S2.ClH/c1-11-13(20-10-17-11)8-18(7-12-2-3-15-6-12)9-14-16-4-5-19-14;/h4-5,10,12,15H,2-3,6-9H2,1H3;1H. The van der Waals surface area contributed by atoms with Crippen molar-refractivity contribution in [3.8, 4) is 0 Å². The largest absolute Gasteiger partial charge is 0.316 e. The molecular formula is C14H21ClN4S2. The molecule has 0 spiro atoms. The van der Waals surface area contributed by atoms with Crippen LogP contribution in [0.2, 0.25) is 0 Å². The number of halogens is 1. The van der Waals surface area contributed by atoms with E-state index >= 15 is 0 Å². The van der Waals surface area contributed by atoms with E-state index in [0.29, 0.717) is 0 Å². The van der Waals surface area contributed by atoms with Gasteiger partial charge in [-0.3, -0.25) is 4.90 Å². The minimum atomic E-state index is 0. The van der Waals surface area contributed by atoms with Gasteiger partial charge in [0.25, 0.3) is 0 Å². The highest BCUT2D eigenvalue weighted by Gasteiger charge is 2.20. The molecule has 0 aromatic carbocycles. The van der Waals surface area contributed by atoms with E-state index in [-0.39, 0.29) is 12.4 Å². The third-order valence-corrected chi connectivity index (χ3v) is 5.42. The van der Waals surface area contributed by atoms with E-state index in [1.807, 2.05) is 11.7 Å². The zero-order chi connectivity index (χ0) is 13.8. The van der Waals surface area contributed by atoms with Crippen molar-refractivity contribution in [2.75, 3.05) is 19.6 Å². The number of thiazole rings is 2. The lowest BCUT2D eigenvalue weighted by atomic mass is 10.1. The second-order valence-electron chi connectivity index (χ2n) is 5.32. The van der Waals surface area contributed by atoms with E-state index in [0.717, 1.165) is 38.6 Å². The summed E-state index contributed by atoms with van der Waals surface area (Å²) in [5, 5.41) is 6.72. The molecular weight excluding hydrogens is 324 g/mol. The molecule has 0 saturated carbocycles. The van der Waals surface area contributed by atoms with Gasteiger partial charge >= 0.3 is 0 Å². The molecule has 1 N–H and O–H groups in total.